The summed E-state index contributed by atoms with van der Waals surface area (Å²) in [6.45, 7) is 2.86. The highest BCUT2D eigenvalue weighted by atomic mass is 19.1. The Hall–Kier alpha value is -1.71. The van der Waals surface area contributed by atoms with Crippen LogP contribution in [0.1, 0.15) is 28.8 Å². The summed E-state index contributed by atoms with van der Waals surface area (Å²) in [5.74, 6) is -1.39. The standard InChI is InChI=1S/C13H14FNO2/c1-9-8-10(4-5-11(9)14)12(16)13(17)15-6-2-3-7-15/h4-5,8H,2-3,6-7H2,1H3. The molecule has 0 atom stereocenters. The van der Waals surface area contributed by atoms with Crippen molar-refractivity contribution in [2.75, 3.05) is 13.1 Å². The number of likely N-dealkylation sites (tertiary alicyclic amines) is 1. The number of Topliss-reactive ketones (excluding diaryl/α,β-unsaturated/α-hetero) is 1. The molecule has 1 heterocycles. The molecule has 1 aliphatic heterocycles. The van der Waals surface area contributed by atoms with Crippen LogP contribution in [-0.4, -0.2) is 29.7 Å². The Kier molecular flexibility index (Phi) is 3.22. The van der Waals surface area contributed by atoms with Gasteiger partial charge in [-0.05, 0) is 43.5 Å². The van der Waals surface area contributed by atoms with E-state index in [-0.39, 0.29) is 11.4 Å². The second-order valence-corrected chi connectivity index (χ2v) is 4.29. The van der Waals surface area contributed by atoms with Crippen LogP contribution in [0, 0.1) is 12.7 Å². The molecule has 1 aliphatic rings. The normalized spacial score (nSPS) is 15.1. The van der Waals surface area contributed by atoms with Gasteiger partial charge in [-0.1, -0.05) is 0 Å². The van der Waals surface area contributed by atoms with E-state index in [2.05, 4.69) is 0 Å². The summed E-state index contributed by atoms with van der Waals surface area (Å²) in [7, 11) is 0. The van der Waals surface area contributed by atoms with E-state index in [9.17, 15) is 14.0 Å². The Morgan fingerprint density at radius 1 is 1.24 bits per heavy atom. The van der Waals surface area contributed by atoms with E-state index in [0.717, 1.165) is 12.8 Å². The molecule has 90 valence electrons. The van der Waals surface area contributed by atoms with E-state index in [4.69, 9.17) is 0 Å². The average molecular weight is 235 g/mol. The van der Waals surface area contributed by atoms with E-state index in [0.29, 0.717) is 18.7 Å². The molecule has 0 bridgehead atoms. The van der Waals surface area contributed by atoms with Crippen molar-refractivity contribution in [2.45, 2.75) is 19.8 Å². The minimum Gasteiger partial charge on any atom is -0.336 e. The maximum atomic E-state index is 13.1. The minimum atomic E-state index is -0.546. The fraction of sp³-hybridized carbons (Fsp3) is 0.385. The molecule has 0 saturated carbocycles. The second-order valence-electron chi connectivity index (χ2n) is 4.29. The van der Waals surface area contributed by atoms with Crippen molar-refractivity contribution in [3.8, 4) is 0 Å². The summed E-state index contributed by atoms with van der Waals surface area (Å²) in [5, 5.41) is 0. The number of benzene rings is 1. The van der Waals surface area contributed by atoms with Crippen LogP contribution in [0.5, 0.6) is 0 Å². The number of carbonyl (C=O) groups excluding carboxylic acids is 2. The monoisotopic (exact) mass is 235 g/mol. The highest BCUT2D eigenvalue weighted by Crippen LogP contribution is 2.13. The third-order valence-electron chi connectivity index (χ3n) is 3.01. The zero-order valence-electron chi connectivity index (χ0n) is 9.70. The molecule has 0 radical (unpaired) electrons. The Balaban J connectivity index is 2.18. The van der Waals surface area contributed by atoms with E-state index in [1.807, 2.05) is 0 Å². The van der Waals surface area contributed by atoms with E-state index in [1.165, 1.54) is 18.2 Å². The summed E-state index contributed by atoms with van der Waals surface area (Å²) in [5.41, 5.74) is 0.644. The van der Waals surface area contributed by atoms with Crippen molar-refractivity contribution in [1.29, 1.82) is 0 Å². The predicted octanol–water partition coefficient (Wildman–Crippen LogP) is 1.94. The van der Waals surface area contributed by atoms with Crippen LogP contribution < -0.4 is 0 Å². The van der Waals surface area contributed by atoms with Crippen LogP contribution >= 0.6 is 0 Å². The zero-order chi connectivity index (χ0) is 12.4. The fourth-order valence-electron chi connectivity index (χ4n) is 1.97. The lowest BCUT2D eigenvalue weighted by Crippen LogP contribution is -2.34. The third-order valence-corrected chi connectivity index (χ3v) is 3.01. The third kappa shape index (κ3) is 2.35. The van der Waals surface area contributed by atoms with Gasteiger partial charge < -0.3 is 4.90 Å². The summed E-state index contributed by atoms with van der Waals surface area (Å²) in [4.78, 5) is 25.3. The molecule has 1 aromatic carbocycles. The smallest absolute Gasteiger partial charge is 0.294 e. The molecule has 0 aliphatic carbocycles. The number of aryl methyl sites for hydroxylation is 1. The van der Waals surface area contributed by atoms with Gasteiger partial charge in [0.15, 0.2) is 0 Å². The number of amides is 1. The van der Waals surface area contributed by atoms with Crippen molar-refractivity contribution in [2.24, 2.45) is 0 Å². The van der Waals surface area contributed by atoms with Crippen LogP contribution in [0.25, 0.3) is 0 Å². The number of nitrogens with zero attached hydrogens (tertiary/aromatic N) is 1. The van der Waals surface area contributed by atoms with Crippen molar-refractivity contribution in [3.05, 3.63) is 35.1 Å². The van der Waals surface area contributed by atoms with Crippen molar-refractivity contribution in [1.82, 2.24) is 4.90 Å². The summed E-state index contributed by atoms with van der Waals surface area (Å²) in [6, 6.07) is 4.00. The lowest BCUT2D eigenvalue weighted by atomic mass is 10.1. The van der Waals surface area contributed by atoms with Crippen LogP contribution in [0.2, 0.25) is 0 Å². The maximum Gasteiger partial charge on any atom is 0.294 e. The number of hydrogen-bond donors (Lipinski definition) is 0. The molecule has 0 aromatic heterocycles. The van der Waals surface area contributed by atoms with Crippen molar-refractivity contribution >= 4 is 11.7 Å². The molecule has 1 aromatic rings. The topological polar surface area (TPSA) is 37.4 Å². The number of ketones is 1. The van der Waals surface area contributed by atoms with Gasteiger partial charge in [-0.3, -0.25) is 9.59 Å². The van der Waals surface area contributed by atoms with Gasteiger partial charge in [0.05, 0.1) is 0 Å². The van der Waals surface area contributed by atoms with Gasteiger partial charge >= 0.3 is 0 Å². The molecule has 2 rings (SSSR count). The van der Waals surface area contributed by atoms with Gasteiger partial charge in [0.1, 0.15) is 5.82 Å². The van der Waals surface area contributed by atoms with Crippen LogP contribution in [0.4, 0.5) is 4.39 Å². The molecule has 1 amide bonds. The Bertz CT molecular complexity index is 464. The molecular formula is C13H14FNO2. The largest absolute Gasteiger partial charge is 0.336 e. The first-order valence-corrected chi connectivity index (χ1v) is 5.69. The lowest BCUT2D eigenvalue weighted by molar-refractivity contribution is -0.125. The molecule has 0 N–H and O–H groups in total. The Morgan fingerprint density at radius 2 is 1.88 bits per heavy atom. The van der Waals surface area contributed by atoms with Gasteiger partial charge in [0, 0.05) is 18.7 Å². The average Bonchev–Trinajstić information content (AvgIpc) is 2.84. The van der Waals surface area contributed by atoms with Crippen molar-refractivity contribution < 1.29 is 14.0 Å². The van der Waals surface area contributed by atoms with E-state index >= 15 is 0 Å². The molecule has 3 nitrogen and oxygen atoms in total. The quantitative estimate of drug-likeness (QED) is 0.580. The van der Waals surface area contributed by atoms with Crippen LogP contribution in [0.15, 0.2) is 18.2 Å². The van der Waals surface area contributed by atoms with Gasteiger partial charge in [-0.15, -0.1) is 0 Å². The van der Waals surface area contributed by atoms with Crippen LogP contribution in [-0.2, 0) is 4.79 Å². The summed E-state index contributed by atoms with van der Waals surface area (Å²) in [6.07, 6.45) is 1.89. The predicted molar refractivity (Wildman–Crippen MR) is 61.3 cm³/mol. The van der Waals surface area contributed by atoms with Gasteiger partial charge in [-0.2, -0.15) is 0 Å². The second kappa shape index (κ2) is 4.65. The van der Waals surface area contributed by atoms with E-state index < -0.39 is 11.7 Å². The van der Waals surface area contributed by atoms with Crippen molar-refractivity contribution in [3.63, 3.8) is 0 Å². The molecule has 1 fully saturated rings. The zero-order valence-corrected chi connectivity index (χ0v) is 9.70. The highest BCUT2D eigenvalue weighted by Gasteiger charge is 2.25. The van der Waals surface area contributed by atoms with Crippen LogP contribution in [0.3, 0.4) is 0 Å². The molecule has 0 unspecified atom stereocenters. The maximum absolute atomic E-state index is 13.1. The SMILES string of the molecule is Cc1cc(C(=O)C(=O)N2CCCC2)ccc1F. The first kappa shape index (κ1) is 11.8. The summed E-state index contributed by atoms with van der Waals surface area (Å²) < 4.78 is 13.1. The Labute approximate surface area is 99.2 Å². The number of halogens is 1. The number of hydrogen-bond acceptors (Lipinski definition) is 2. The first-order chi connectivity index (χ1) is 8.09. The number of rotatable bonds is 2. The highest BCUT2D eigenvalue weighted by molar-refractivity contribution is 6.42. The minimum absolute atomic E-state index is 0.265. The molecule has 17 heavy (non-hydrogen) atoms. The molecular weight excluding hydrogens is 221 g/mol. The fourth-order valence-corrected chi connectivity index (χ4v) is 1.97. The molecule has 4 heteroatoms. The van der Waals surface area contributed by atoms with Gasteiger partial charge in [-0.25, -0.2) is 4.39 Å². The molecule has 1 saturated heterocycles. The van der Waals surface area contributed by atoms with E-state index in [1.54, 1.807) is 11.8 Å². The summed E-state index contributed by atoms with van der Waals surface area (Å²) >= 11 is 0. The first-order valence-electron chi connectivity index (χ1n) is 5.69. The number of carbonyl (C=O) groups is 2. The Morgan fingerprint density at radius 3 is 2.47 bits per heavy atom. The van der Waals surface area contributed by atoms with Gasteiger partial charge in [0.25, 0.3) is 5.91 Å². The van der Waals surface area contributed by atoms with Gasteiger partial charge in [0.2, 0.25) is 5.78 Å². The lowest BCUT2D eigenvalue weighted by Gasteiger charge is -2.14. The molecule has 0 spiro atoms.